The number of aromatic nitrogens is 1. The molecule has 0 saturated heterocycles. The maximum atomic E-state index is 8.91. The van der Waals surface area contributed by atoms with E-state index >= 15 is 0 Å². The van der Waals surface area contributed by atoms with Gasteiger partial charge in [-0.15, -0.1) is 0 Å². The lowest BCUT2D eigenvalue weighted by atomic mass is 9.96. The van der Waals surface area contributed by atoms with Crippen molar-refractivity contribution in [3.05, 3.63) is 41.6 Å². The second kappa shape index (κ2) is 5.81. The van der Waals surface area contributed by atoms with Crippen molar-refractivity contribution in [1.82, 2.24) is 9.88 Å². The standard InChI is InChI=1S/C17H22N2O/c1-13-17(15-5-2-3-6-16(15)18-13)14-7-10-19(11-8-14)9-4-12-20/h2-3,5-7,18,20H,4,8-12H2,1H3. The molecule has 0 spiro atoms. The molecule has 1 aromatic carbocycles. The number of hydrogen-bond acceptors (Lipinski definition) is 2. The minimum absolute atomic E-state index is 0.286. The van der Waals surface area contributed by atoms with Gasteiger partial charge in [-0.3, -0.25) is 4.90 Å². The van der Waals surface area contributed by atoms with E-state index in [0.717, 1.165) is 32.5 Å². The quantitative estimate of drug-likeness (QED) is 0.896. The topological polar surface area (TPSA) is 39.3 Å². The van der Waals surface area contributed by atoms with Crippen LogP contribution in [0.1, 0.15) is 24.1 Å². The minimum atomic E-state index is 0.286. The maximum Gasteiger partial charge on any atom is 0.0462 e. The van der Waals surface area contributed by atoms with Gasteiger partial charge in [-0.05, 0) is 31.4 Å². The molecule has 0 atom stereocenters. The number of H-pyrrole nitrogens is 1. The molecule has 0 radical (unpaired) electrons. The Morgan fingerprint density at radius 1 is 1.30 bits per heavy atom. The molecule has 0 saturated carbocycles. The lowest BCUT2D eigenvalue weighted by Crippen LogP contribution is -2.30. The van der Waals surface area contributed by atoms with Gasteiger partial charge in [0.2, 0.25) is 0 Å². The zero-order valence-electron chi connectivity index (χ0n) is 12.0. The Morgan fingerprint density at radius 2 is 2.15 bits per heavy atom. The van der Waals surface area contributed by atoms with Crippen LogP contribution in [-0.2, 0) is 0 Å². The highest BCUT2D eigenvalue weighted by atomic mass is 16.3. The van der Waals surface area contributed by atoms with Crippen molar-refractivity contribution in [2.75, 3.05) is 26.2 Å². The number of aromatic amines is 1. The molecule has 0 aliphatic carbocycles. The van der Waals surface area contributed by atoms with Crippen molar-refractivity contribution in [3.8, 4) is 0 Å². The molecular weight excluding hydrogens is 248 g/mol. The number of aliphatic hydroxyl groups excluding tert-OH is 1. The molecule has 106 valence electrons. The Bertz CT molecular complexity index is 627. The summed E-state index contributed by atoms with van der Waals surface area (Å²) in [6, 6.07) is 8.53. The highest BCUT2D eigenvalue weighted by Crippen LogP contribution is 2.31. The van der Waals surface area contributed by atoms with Crippen LogP contribution in [0.15, 0.2) is 30.3 Å². The molecule has 0 unspecified atom stereocenters. The molecule has 2 aromatic rings. The first kappa shape index (κ1) is 13.4. The lowest BCUT2D eigenvalue weighted by Gasteiger charge is -2.26. The summed E-state index contributed by atoms with van der Waals surface area (Å²) in [7, 11) is 0. The van der Waals surface area contributed by atoms with Crippen LogP contribution >= 0.6 is 0 Å². The smallest absolute Gasteiger partial charge is 0.0462 e. The van der Waals surface area contributed by atoms with Gasteiger partial charge in [-0.2, -0.15) is 0 Å². The lowest BCUT2D eigenvalue weighted by molar-refractivity contribution is 0.236. The summed E-state index contributed by atoms with van der Waals surface area (Å²) in [6.45, 7) is 5.52. The van der Waals surface area contributed by atoms with Gasteiger partial charge < -0.3 is 10.1 Å². The number of fused-ring (bicyclic) bond motifs is 1. The van der Waals surface area contributed by atoms with E-state index in [1.54, 1.807) is 0 Å². The predicted octanol–water partition coefficient (Wildman–Crippen LogP) is 2.95. The van der Waals surface area contributed by atoms with E-state index in [-0.39, 0.29) is 6.61 Å². The van der Waals surface area contributed by atoms with Crippen molar-refractivity contribution in [2.45, 2.75) is 19.8 Å². The molecule has 0 fully saturated rings. The van der Waals surface area contributed by atoms with Crippen molar-refractivity contribution in [2.24, 2.45) is 0 Å². The van der Waals surface area contributed by atoms with Gasteiger partial charge in [0.1, 0.15) is 0 Å². The predicted molar refractivity (Wildman–Crippen MR) is 83.8 cm³/mol. The van der Waals surface area contributed by atoms with E-state index < -0.39 is 0 Å². The summed E-state index contributed by atoms with van der Waals surface area (Å²) >= 11 is 0. The Balaban J connectivity index is 1.85. The fraction of sp³-hybridized carbons (Fsp3) is 0.412. The molecule has 2 heterocycles. The van der Waals surface area contributed by atoms with Crippen LogP contribution in [0.25, 0.3) is 16.5 Å². The van der Waals surface area contributed by atoms with Crippen LogP contribution in [-0.4, -0.2) is 41.2 Å². The zero-order chi connectivity index (χ0) is 13.9. The summed E-state index contributed by atoms with van der Waals surface area (Å²) in [5, 5.41) is 10.2. The van der Waals surface area contributed by atoms with E-state index in [2.05, 4.69) is 47.1 Å². The van der Waals surface area contributed by atoms with Gasteiger partial charge >= 0.3 is 0 Å². The van der Waals surface area contributed by atoms with E-state index in [1.165, 1.54) is 27.7 Å². The highest BCUT2D eigenvalue weighted by molar-refractivity contribution is 5.94. The number of nitrogens with zero attached hydrogens (tertiary/aromatic N) is 1. The summed E-state index contributed by atoms with van der Waals surface area (Å²) < 4.78 is 0. The largest absolute Gasteiger partial charge is 0.396 e. The first-order valence-electron chi connectivity index (χ1n) is 7.39. The van der Waals surface area contributed by atoms with Crippen LogP contribution in [0.5, 0.6) is 0 Å². The third-order valence-corrected chi connectivity index (χ3v) is 4.14. The average molecular weight is 270 g/mol. The van der Waals surface area contributed by atoms with Crippen molar-refractivity contribution in [3.63, 3.8) is 0 Å². The molecule has 20 heavy (non-hydrogen) atoms. The molecule has 0 bridgehead atoms. The fourth-order valence-corrected chi connectivity index (χ4v) is 3.13. The van der Waals surface area contributed by atoms with E-state index in [0.29, 0.717) is 0 Å². The number of nitrogens with one attached hydrogen (secondary N) is 1. The Morgan fingerprint density at radius 3 is 2.90 bits per heavy atom. The van der Waals surface area contributed by atoms with Crippen LogP contribution in [0, 0.1) is 6.92 Å². The van der Waals surface area contributed by atoms with Crippen molar-refractivity contribution >= 4 is 16.5 Å². The summed E-state index contributed by atoms with van der Waals surface area (Å²) in [4.78, 5) is 5.89. The van der Waals surface area contributed by atoms with Gasteiger partial charge in [0.25, 0.3) is 0 Å². The summed E-state index contributed by atoms with van der Waals surface area (Å²) in [6.07, 6.45) is 4.31. The van der Waals surface area contributed by atoms with Crippen molar-refractivity contribution in [1.29, 1.82) is 0 Å². The Kier molecular flexibility index (Phi) is 3.90. The molecule has 3 rings (SSSR count). The van der Waals surface area contributed by atoms with E-state index in [1.807, 2.05) is 0 Å². The zero-order valence-corrected chi connectivity index (χ0v) is 12.0. The first-order valence-corrected chi connectivity index (χ1v) is 7.39. The van der Waals surface area contributed by atoms with Gasteiger partial charge in [0.15, 0.2) is 0 Å². The molecule has 3 nitrogen and oxygen atoms in total. The molecular formula is C17H22N2O. The van der Waals surface area contributed by atoms with Crippen LogP contribution in [0.2, 0.25) is 0 Å². The number of rotatable bonds is 4. The normalized spacial score (nSPS) is 16.6. The van der Waals surface area contributed by atoms with Crippen molar-refractivity contribution < 1.29 is 5.11 Å². The van der Waals surface area contributed by atoms with Gasteiger partial charge in [0.05, 0.1) is 0 Å². The molecule has 2 N–H and O–H groups in total. The average Bonchev–Trinajstić information content (AvgIpc) is 2.81. The monoisotopic (exact) mass is 270 g/mol. The van der Waals surface area contributed by atoms with Gasteiger partial charge in [-0.25, -0.2) is 0 Å². The number of benzene rings is 1. The summed E-state index contributed by atoms with van der Waals surface area (Å²) in [5.41, 5.74) is 5.34. The SMILES string of the molecule is Cc1[nH]c2ccccc2c1C1=CCN(CCCO)CC1. The van der Waals surface area contributed by atoms with Gasteiger partial charge in [0, 0.05) is 48.4 Å². The molecule has 1 aromatic heterocycles. The number of hydrogen-bond donors (Lipinski definition) is 2. The van der Waals surface area contributed by atoms with Crippen LogP contribution < -0.4 is 0 Å². The highest BCUT2D eigenvalue weighted by Gasteiger charge is 2.17. The third kappa shape index (κ3) is 2.51. The Hall–Kier alpha value is -1.58. The number of aliphatic hydroxyl groups is 1. The van der Waals surface area contributed by atoms with Crippen LogP contribution in [0.3, 0.4) is 0 Å². The second-order valence-electron chi connectivity index (χ2n) is 5.53. The minimum Gasteiger partial charge on any atom is -0.396 e. The number of aryl methyl sites for hydroxylation is 1. The Labute approximate surface area is 119 Å². The van der Waals surface area contributed by atoms with Crippen LogP contribution in [0.4, 0.5) is 0 Å². The molecule has 1 aliphatic rings. The molecule has 3 heteroatoms. The fourth-order valence-electron chi connectivity index (χ4n) is 3.13. The van der Waals surface area contributed by atoms with E-state index in [4.69, 9.17) is 5.11 Å². The van der Waals surface area contributed by atoms with E-state index in [9.17, 15) is 0 Å². The third-order valence-electron chi connectivity index (χ3n) is 4.14. The first-order chi connectivity index (χ1) is 9.79. The van der Waals surface area contributed by atoms with Gasteiger partial charge in [-0.1, -0.05) is 24.3 Å². The second-order valence-corrected chi connectivity index (χ2v) is 5.53. The number of para-hydroxylation sites is 1. The maximum absolute atomic E-state index is 8.91. The summed E-state index contributed by atoms with van der Waals surface area (Å²) in [5.74, 6) is 0. The molecule has 1 aliphatic heterocycles. The molecule has 0 amide bonds.